The number of halogens is 1. The van der Waals surface area contributed by atoms with Gasteiger partial charge in [-0.1, -0.05) is 90.0 Å². The summed E-state index contributed by atoms with van der Waals surface area (Å²) in [4.78, 5) is 12.1. The lowest BCUT2D eigenvalue weighted by Gasteiger charge is -2.15. The zero-order chi connectivity index (χ0) is 22.5. The van der Waals surface area contributed by atoms with E-state index in [4.69, 9.17) is 21.1 Å². The summed E-state index contributed by atoms with van der Waals surface area (Å²) < 4.78 is 11.3. The van der Waals surface area contributed by atoms with Gasteiger partial charge in [-0.2, -0.15) is 0 Å². The number of alkyl halides is 1. The van der Waals surface area contributed by atoms with Crippen LogP contribution in [-0.4, -0.2) is 18.0 Å². The molecule has 2 atom stereocenters. The highest BCUT2D eigenvalue weighted by molar-refractivity contribution is 6.30. The summed E-state index contributed by atoms with van der Waals surface area (Å²) >= 11 is 6.17. The van der Waals surface area contributed by atoms with Gasteiger partial charge in [0.15, 0.2) is 0 Å². The predicted octanol–water partition coefficient (Wildman–Crippen LogP) is 8.04. The lowest BCUT2D eigenvalue weighted by molar-refractivity contribution is -0.134. The van der Waals surface area contributed by atoms with Crippen molar-refractivity contribution in [3.63, 3.8) is 0 Å². The number of unbranched alkanes of at least 4 members (excludes halogenated alkanes) is 6. The van der Waals surface area contributed by atoms with Gasteiger partial charge in [0.1, 0.15) is 16.9 Å². The summed E-state index contributed by atoms with van der Waals surface area (Å²) in [5.41, 5.74) is 2.15. The topological polar surface area (TPSA) is 35.5 Å². The molecule has 0 radical (unpaired) electrons. The molecule has 0 aliphatic rings. The maximum absolute atomic E-state index is 12.1. The zero-order valence-electron chi connectivity index (χ0n) is 19.2. The van der Waals surface area contributed by atoms with E-state index in [1.165, 1.54) is 38.5 Å². The number of benzene rings is 2. The van der Waals surface area contributed by atoms with Gasteiger partial charge < -0.3 is 9.47 Å². The predicted molar refractivity (Wildman–Crippen MR) is 130 cm³/mol. The molecule has 2 rings (SSSR count). The Balaban J connectivity index is 1.77. The van der Waals surface area contributed by atoms with Crippen LogP contribution in [0, 0.1) is 5.92 Å². The van der Waals surface area contributed by atoms with Crippen molar-refractivity contribution >= 4 is 17.6 Å². The summed E-state index contributed by atoms with van der Waals surface area (Å²) in [6.07, 6.45) is 9.82. The fraction of sp³-hybridized carbons (Fsp3) is 0.519. The summed E-state index contributed by atoms with van der Waals surface area (Å²) in [6.45, 7) is 6.97. The molecule has 0 fully saturated rings. The number of ether oxygens (including phenoxy) is 2. The molecular weight excluding hydrogens is 408 g/mol. The number of carbonyl (C=O) groups excluding carboxylic acids is 1. The molecule has 0 amide bonds. The van der Waals surface area contributed by atoms with Gasteiger partial charge in [0.25, 0.3) is 0 Å². The van der Waals surface area contributed by atoms with Crippen LogP contribution in [0.15, 0.2) is 48.5 Å². The molecule has 0 spiro atoms. The minimum absolute atomic E-state index is 0.0833. The largest absolute Gasteiger partial charge is 0.494 e. The first-order chi connectivity index (χ1) is 15.0. The van der Waals surface area contributed by atoms with Crippen molar-refractivity contribution in [2.75, 3.05) is 6.61 Å². The molecule has 31 heavy (non-hydrogen) atoms. The molecule has 0 saturated heterocycles. The molecule has 2 aromatic rings. The highest BCUT2D eigenvalue weighted by Gasteiger charge is 2.23. The third-order valence-corrected chi connectivity index (χ3v) is 6.25. The van der Waals surface area contributed by atoms with Crippen molar-refractivity contribution in [1.29, 1.82) is 0 Å². The molecule has 0 bridgehead atoms. The fourth-order valence-corrected chi connectivity index (χ4v) is 3.54. The third-order valence-electron chi connectivity index (χ3n) is 5.65. The standard InChI is InChI=1S/C27H37ClO3/c1-4-6-7-8-9-10-11-20-30-24-16-12-22(13-17-24)23-14-18-25(19-15-23)31-27(29)26(28)21(3)5-2/h12-19,21,26H,4-11,20H2,1-3H3/t21-,26-/m0/s1. The molecule has 170 valence electrons. The Kier molecular flexibility index (Phi) is 11.5. The lowest BCUT2D eigenvalue weighted by Crippen LogP contribution is -2.26. The van der Waals surface area contributed by atoms with Crippen LogP contribution in [0.2, 0.25) is 0 Å². The number of hydrogen-bond donors (Lipinski definition) is 0. The van der Waals surface area contributed by atoms with Gasteiger partial charge in [-0.3, -0.25) is 4.79 Å². The molecular formula is C27H37ClO3. The number of rotatable bonds is 14. The normalized spacial score (nSPS) is 12.9. The Morgan fingerprint density at radius 3 is 1.87 bits per heavy atom. The smallest absolute Gasteiger partial charge is 0.329 e. The summed E-state index contributed by atoms with van der Waals surface area (Å²) in [5.74, 6) is 1.10. The van der Waals surface area contributed by atoms with Gasteiger partial charge in [0, 0.05) is 0 Å². The molecule has 0 saturated carbocycles. The van der Waals surface area contributed by atoms with Crippen molar-refractivity contribution in [3.05, 3.63) is 48.5 Å². The minimum Gasteiger partial charge on any atom is -0.494 e. The first-order valence-corrected chi connectivity index (χ1v) is 12.2. The van der Waals surface area contributed by atoms with Crippen molar-refractivity contribution in [2.24, 2.45) is 5.92 Å². The van der Waals surface area contributed by atoms with E-state index in [9.17, 15) is 4.79 Å². The maximum atomic E-state index is 12.1. The van der Waals surface area contributed by atoms with Gasteiger partial charge in [0.2, 0.25) is 0 Å². The van der Waals surface area contributed by atoms with Crippen LogP contribution < -0.4 is 9.47 Å². The van der Waals surface area contributed by atoms with Gasteiger partial charge in [0.05, 0.1) is 6.61 Å². The van der Waals surface area contributed by atoms with Crippen molar-refractivity contribution in [3.8, 4) is 22.6 Å². The van der Waals surface area contributed by atoms with E-state index >= 15 is 0 Å². The van der Waals surface area contributed by atoms with E-state index in [2.05, 4.69) is 19.1 Å². The van der Waals surface area contributed by atoms with E-state index in [0.717, 1.165) is 36.3 Å². The summed E-state index contributed by atoms with van der Waals surface area (Å²) in [7, 11) is 0. The summed E-state index contributed by atoms with van der Waals surface area (Å²) in [6, 6.07) is 15.6. The number of esters is 1. The van der Waals surface area contributed by atoms with Gasteiger partial charge in [-0.05, 0) is 47.7 Å². The monoisotopic (exact) mass is 444 g/mol. The van der Waals surface area contributed by atoms with E-state index in [1.807, 2.05) is 38.1 Å². The molecule has 0 heterocycles. The fourth-order valence-electron chi connectivity index (χ4n) is 3.32. The molecule has 3 nitrogen and oxygen atoms in total. The highest BCUT2D eigenvalue weighted by atomic mass is 35.5. The van der Waals surface area contributed by atoms with Crippen molar-refractivity contribution < 1.29 is 14.3 Å². The van der Waals surface area contributed by atoms with E-state index in [1.54, 1.807) is 12.1 Å². The molecule has 4 heteroatoms. The molecule has 0 N–H and O–H groups in total. The molecule has 2 aromatic carbocycles. The SMILES string of the molecule is CCCCCCCCCOc1ccc(-c2ccc(OC(=O)[C@@H](Cl)[C@@H](C)CC)cc2)cc1. The van der Waals surface area contributed by atoms with Crippen molar-refractivity contribution in [2.45, 2.75) is 77.5 Å². The molecule has 0 aromatic heterocycles. The second-order valence-corrected chi connectivity index (χ2v) is 8.70. The van der Waals surface area contributed by atoms with Crippen LogP contribution >= 0.6 is 11.6 Å². The van der Waals surface area contributed by atoms with Gasteiger partial charge >= 0.3 is 5.97 Å². The third kappa shape index (κ3) is 8.95. The van der Waals surface area contributed by atoms with Crippen LogP contribution in [0.3, 0.4) is 0 Å². The quantitative estimate of drug-likeness (QED) is 0.128. The average Bonchev–Trinajstić information content (AvgIpc) is 2.80. The zero-order valence-corrected chi connectivity index (χ0v) is 20.0. The Hall–Kier alpha value is -2.00. The average molecular weight is 445 g/mol. The van der Waals surface area contributed by atoms with Crippen LogP contribution in [0.1, 0.15) is 72.1 Å². The second-order valence-electron chi connectivity index (χ2n) is 8.23. The van der Waals surface area contributed by atoms with Gasteiger partial charge in [-0.15, -0.1) is 11.6 Å². The second kappa shape index (κ2) is 14.1. The van der Waals surface area contributed by atoms with Gasteiger partial charge in [-0.25, -0.2) is 0 Å². The minimum atomic E-state index is -0.627. The van der Waals surface area contributed by atoms with Crippen LogP contribution in [0.4, 0.5) is 0 Å². The summed E-state index contributed by atoms with van der Waals surface area (Å²) in [5, 5.41) is -0.627. The van der Waals surface area contributed by atoms with Crippen molar-refractivity contribution in [1.82, 2.24) is 0 Å². The highest BCUT2D eigenvalue weighted by Crippen LogP contribution is 2.26. The number of carbonyl (C=O) groups is 1. The number of hydrogen-bond acceptors (Lipinski definition) is 3. The first kappa shape index (κ1) is 25.3. The van der Waals surface area contributed by atoms with Crippen LogP contribution in [0.25, 0.3) is 11.1 Å². The Labute approximate surface area is 193 Å². The molecule has 0 unspecified atom stereocenters. The van der Waals surface area contributed by atoms with Crippen LogP contribution in [-0.2, 0) is 4.79 Å². The Morgan fingerprint density at radius 1 is 0.806 bits per heavy atom. The lowest BCUT2D eigenvalue weighted by atomic mass is 10.0. The molecule has 0 aliphatic carbocycles. The van der Waals surface area contributed by atoms with E-state index in [0.29, 0.717) is 5.75 Å². The van der Waals surface area contributed by atoms with E-state index in [-0.39, 0.29) is 5.92 Å². The maximum Gasteiger partial charge on any atom is 0.329 e. The Morgan fingerprint density at radius 2 is 1.32 bits per heavy atom. The van der Waals surface area contributed by atoms with Crippen LogP contribution in [0.5, 0.6) is 11.5 Å². The first-order valence-electron chi connectivity index (χ1n) is 11.7. The molecule has 0 aliphatic heterocycles. The Bertz CT molecular complexity index is 755. The van der Waals surface area contributed by atoms with E-state index < -0.39 is 11.3 Å².